The molecule has 1 unspecified atom stereocenters. The lowest BCUT2D eigenvalue weighted by molar-refractivity contribution is 0.0204. The number of rotatable bonds is 9. The third-order valence-corrected chi connectivity index (χ3v) is 7.33. The molecule has 1 aliphatic carbocycles. The molecule has 0 amide bonds. The first-order chi connectivity index (χ1) is 13.8. The summed E-state index contributed by atoms with van der Waals surface area (Å²) in [5.41, 5.74) is -1.25. The van der Waals surface area contributed by atoms with Crippen molar-refractivity contribution < 1.29 is 13.5 Å². The van der Waals surface area contributed by atoms with E-state index in [-0.39, 0.29) is 23.9 Å². The number of hydrogen-bond acceptors (Lipinski definition) is 5. The highest BCUT2D eigenvalue weighted by molar-refractivity contribution is 7.89. The fourth-order valence-electron chi connectivity index (χ4n) is 3.78. The van der Waals surface area contributed by atoms with Crippen LogP contribution in [0.1, 0.15) is 44.1 Å². The molecule has 0 aliphatic heterocycles. The van der Waals surface area contributed by atoms with Gasteiger partial charge in [-0.1, -0.05) is 61.4 Å². The molecule has 7 nitrogen and oxygen atoms in total. The minimum atomic E-state index is -3.55. The number of nitrogens with zero attached hydrogens (tertiary/aromatic N) is 3. The Kier molecular flexibility index (Phi) is 7.56. The number of benzene rings is 1. The highest BCUT2D eigenvalue weighted by Crippen LogP contribution is 2.32. The SMILES string of the molecule is O=S(=O)(CCC1CCCCC1)NCC(O)(Cn1cncn1)c1ccc(Cl)cc1Cl. The maximum Gasteiger partial charge on any atom is 0.211 e. The molecule has 2 N–H and O–H groups in total. The number of aliphatic hydroxyl groups is 1. The second kappa shape index (κ2) is 9.75. The van der Waals surface area contributed by atoms with Gasteiger partial charge in [-0.05, 0) is 24.5 Å². The van der Waals surface area contributed by atoms with Crippen molar-refractivity contribution in [1.82, 2.24) is 19.5 Å². The molecule has 1 atom stereocenters. The van der Waals surface area contributed by atoms with Gasteiger partial charge in [0.05, 0.1) is 12.3 Å². The highest BCUT2D eigenvalue weighted by atomic mass is 35.5. The van der Waals surface area contributed by atoms with Crippen molar-refractivity contribution in [2.75, 3.05) is 12.3 Å². The van der Waals surface area contributed by atoms with Gasteiger partial charge in [-0.3, -0.25) is 0 Å². The Hall–Kier alpha value is -1.19. The molecule has 1 aromatic heterocycles. The molecule has 0 bridgehead atoms. The molecular weight excluding hydrogens is 435 g/mol. The van der Waals surface area contributed by atoms with Crippen LogP contribution in [0.15, 0.2) is 30.9 Å². The van der Waals surface area contributed by atoms with Gasteiger partial charge in [0, 0.05) is 22.2 Å². The summed E-state index contributed by atoms with van der Waals surface area (Å²) < 4.78 is 29.2. The van der Waals surface area contributed by atoms with E-state index in [4.69, 9.17) is 23.2 Å². The lowest BCUT2D eigenvalue weighted by Gasteiger charge is -2.30. The van der Waals surface area contributed by atoms with Crippen molar-refractivity contribution in [3.8, 4) is 0 Å². The zero-order valence-electron chi connectivity index (χ0n) is 16.1. The lowest BCUT2D eigenvalue weighted by atomic mass is 9.88. The molecule has 0 spiro atoms. The smallest absolute Gasteiger partial charge is 0.211 e. The summed E-state index contributed by atoms with van der Waals surface area (Å²) in [6.07, 6.45) is 9.19. The summed E-state index contributed by atoms with van der Waals surface area (Å²) in [5.74, 6) is 0.505. The molecule has 0 radical (unpaired) electrons. The predicted octanol–water partition coefficient (Wildman–Crippen LogP) is 3.36. The summed E-state index contributed by atoms with van der Waals surface area (Å²) in [7, 11) is -3.55. The maximum absolute atomic E-state index is 12.6. The molecule has 1 aliphatic rings. The Morgan fingerprint density at radius 1 is 1.24 bits per heavy atom. The van der Waals surface area contributed by atoms with Crippen molar-refractivity contribution in [3.05, 3.63) is 46.5 Å². The van der Waals surface area contributed by atoms with Crippen LogP contribution in [-0.2, 0) is 22.2 Å². The van der Waals surface area contributed by atoms with E-state index in [2.05, 4.69) is 14.8 Å². The van der Waals surface area contributed by atoms with Gasteiger partial charge >= 0.3 is 0 Å². The Morgan fingerprint density at radius 2 is 2.00 bits per heavy atom. The highest BCUT2D eigenvalue weighted by Gasteiger charge is 2.34. The molecule has 0 saturated heterocycles. The number of halogens is 2. The monoisotopic (exact) mass is 460 g/mol. The van der Waals surface area contributed by atoms with Gasteiger partial charge in [0.25, 0.3) is 0 Å². The molecule has 29 heavy (non-hydrogen) atoms. The zero-order valence-corrected chi connectivity index (χ0v) is 18.4. The van der Waals surface area contributed by atoms with Crippen LogP contribution < -0.4 is 4.72 Å². The summed E-state index contributed by atoms with van der Waals surface area (Å²) in [4.78, 5) is 3.87. The first kappa shape index (κ1) is 22.5. The Labute approximate surface area is 181 Å². The van der Waals surface area contributed by atoms with E-state index in [1.165, 1.54) is 42.7 Å². The maximum atomic E-state index is 12.6. The van der Waals surface area contributed by atoms with Crippen LogP contribution in [0, 0.1) is 5.92 Å². The summed E-state index contributed by atoms with van der Waals surface area (Å²) in [6, 6.07) is 4.72. The van der Waals surface area contributed by atoms with Crippen LogP contribution in [0.2, 0.25) is 10.0 Å². The molecule has 1 saturated carbocycles. The molecule has 2 aromatic rings. The first-order valence-electron chi connectivity index (χ1n) is 9.75. The van der Waals surface area contributed by atoms with E-state index in [1.807, 2.05) is 0 Å². The lowest BCUT2D eigenvalue weighted by Crippen LogP contribution is -2.44. The first-order valence-corrected chi connectivity index (χ1v) is 12.2. The molecule has 1 fully saturated rings. The van der Waals surface area contributed by atoms with Gasteiger partial charge in [0.1, 0.15) is 18.3 Å². The van der Waals surface area contributed by atoms with Gasteiger partial charge in [-0.2, -0.15) is 5.10 Å². The second-order valence-corrected chi connectivity index (χ2v) is 10.5. The van der Waals surface area contributed by atoms with Crippen molar-refractivity contribution in [3.63, 3.8) is 0 Å². The van der Waals surface area contributed by atoms with Crippen LogP contribution in [-0.4, -0.2) is 40.6 Å². The average Bonchev–Trinajstić information content (AvgIpc) is 3.18. The van der Waals surface area contributed by atoms with Crippen LogP contribution >= 0.6 is 23.2 Å². The van der Waals surface area contributed by atoms with Gasteiger partial charge in [0.15, 0.2) is 0 Å². The third-order valence-electron chi connectivity index (χ3n) is 5.43. The summed E-state index contributed by atoms with van der Waals surface area (Å²) in [5, 5.41) is 16.1. The molecule has 3 rings (SSSR count). The minimum absolute atomic E-state index is 0.0144. The molecule has 1 heterocycles. The molecule has 160 valence electrons. The Bertz CT molecular complexity index is 902. The van der Waals surface area contributed by atoms with E-state index in [9.17, 15) is 13.5 Å². The van der Waals surface area contributed by atoms with Crippen LogP contribution in [0.5, 0.6) is 0 Å². The molecule has 1 aromatic carbocycles. The molecular formula is C19H26Cl2N4O3S. The van der Waals surface area contributed by atoms with Gasteiger partial charge in [-0.25, -0.2) is 22.8 Å². The van der Waals surface area contributed by atoms with Crippen LogP contribution in [0.25, 0.3) is 0 Å². The number of nitrogens with one attached hydrogen (secondary N) is 1. The Balaban J connectivity index is 1.72. The van der Waals surface area contributed by atoms with E-state index >= 15 is 0 Å². The fraction of sp³-hybridized carbons (Fsp3) is 0.579. The minimum Gasteiger partial charge on any atom is -0.382 e. The van der Waals surface area contributed by atoms with Crippen LogP contribution in [0.3, 0.4) is 0 Å². The largest absolute Gasteiger partial charge is 0.382 e. The quantitative estimate of drug-likeness (QED) is 0.597. The zero-order chi connectivity index (χ0) is 20.9. The van der Waals surface area contributed by atoms with Crippen molar-refractivity contribution in [2.24, 2.45) is 5.92 Å². The van der Waals surface area contributed by atoms with Crippen LogP contribution in [0.4, 0.5) is 0 Å². The predicted molar refractivity (Wildman–Crippen MR) is 113 cm³/mol. The normalized spacial score (nSPS) is 17.9. The number of aromatic nitrogens is 3. The van der Waals surface area contributed by atoms with Gasteiger partial charge in [0.2, 0.25) is 10.0 Å². The van der Waals surface area contributed by atoms with E-state index in [0.29, 0.717) is 22.9 Å². The van der Waals surface area contributed by atoms with Crippen molar-refractivity contribution >= 4 is 33.2 Å². The van der Waals surface area contributed by atoms with E-state index < -0.39 is 15.6 Å². The number of hydrogen-bond donors (Lipinski definition) is 2. The topological polar surface area (TPSA) is 97.1 Å². The van der Waals surface area contributed by atoms with E-state index in [1.54, 1.807) is 12.1 Å². The third kappa shape index (κ3) is 6.39. The van der Waals surface area contributed by atoms with E-state index in [0.717, 1.165) is 12.8 Å². The van der Waals surface area contributed by atoms with Crippen molar-refractivity contribution in [2.45, 2.75) is 50.7 Å². The van der Waals surface area contributed by atoms with Gasteiger partial charge in [-0.15, -0.1) is 0 Å². The summed E-state index contributed by atoms with van der Waals surface area (Å²) >= 11 is 12.3. The molecule has 10 heteroatoms. The van der Waals surface area contributed by atoms with Crippen molar-refractivity contribution in [1.29, 1.82) is 0 Å². The number of sulfonamides is 1. The average molecular weight is 461 g/mol. The Morgan fingerprint density at radius 3 is 2.66 bits per heavy atom. The van der Waals surface area contributed by atoms with Gasteiger partial charge < -0.3 is 5.11 Å². The standard InChI is InChI=1S/C19H26Cl2N4O3S/c20-16-6-7-17(18(21)10-16)19(26,12-25-14-22-13-23-25)11-24-29(27,28)9-8-15-4-2-1-3-5-15/h6-7,10,13-15,24,26H,1-5,8-9,11-12H2. The second-order valence-electron chi connectivity index (χ2n) is 7.68. The fourth-order valence-corrected chi connectivity index (χ4v) is 5.62. The summed E-state index contributed by atoms with van der Waals surface area (Å²) in [6.45, 7) is -0.249.